The lowest BCUT2D eigenvalue weighted by molar-refractivity contribution is -0.150. The summed E-state index contributed by atoms with van der Waals surface area (Å²) in [5.74, 6) is -2.34. The van der Waals surface area contributed by atoms with Crippen molar-refractivity contribution in [2.24, 2.45) is 40.6 Å². The first-order valence-electron chi connectivity index (χ1n) is 13.6. The lowest BCUT2D eigenvalue weighted by atomic mass is 9.77. The number of likely N-dealkylation sites (tertiary alicyclic amines) is 2. The van der Waals surface area contributed by atoms with E-state index < -0.39 is 59.0 Å². The molecule has 0 aromatic carbocycles. The fraction of sp³-hybridized carbons (Fsp3) is 0.667. The summed E-state index contributed by atoms with van der Waals surface area (Å²) in [5.41, 5.74) is 9.99. The van der Waals surface area contributed by atoms with Gasteiger partial charge in [-0.1, -0.05) is 20.8 Å². The molecule has 39 heavy (non-hydrogen) atoms. The highest BCUT2D eigenvalue weighted by Gasteiger charge is 2.65. The largest absolute Gasteiger partial charge is 0.472 e. The van der Waals surface area contributed by atoms with Gasteiger partial charge in [-0.2, -0.15) is 0 Å². The molecule has 6 rings (SSSR count). The third kappa shape index (κ3) is 3.81. The molecule has 4 amide bonds. The molecular formula is C27H35FN6O5. The molecule has 0 unspecified atom stereocenters. The standard InChI is InChI=1S/C27H35FN6O5/c1-26(2,3)20(29)24(37)33-10-14-12-7-13(15(28)8-12)18(14)19(33)23(36)34-11-27(9-16(34)21(30)35)25(38)32-22-17(39-27)5-4-6-31-22/h4-6,12-16,18-20H,7-11,29H2,1-3H3,(H2,30,35)(H,31,32,38)/t12-,13+,14+,15+,16-,18-,19-,20+,27+/m0/s1. The summed E-state index contributed by atoms with van der Waals surface area (Å²) in [7, 11) is 0. The van der Waals surface area contributed by atoms with Crippen LogP contribution >= 0.6 is 0 Å². The Bertz CT molecular complexity index is 1250. The highest BCUT2D eigenvalue weighted by Crippen LogP contribution is 2.59. The van der Waals surface area contributed by atoms with Gasteiger partial charge in [-0.3, -0.25) is 19.2 Å². The maximum absolute atomic E-state index is 15.0. The van der Waals surface area contributed by atoms with E-state index in [1.54, 1.807) is 12.1 Å². The quantitative estimate of drug-likeness (QED) is 0.499. The second-order valence-corrected chi connectivity index (χ2v) is 12.9. The summed E-state index contributed by atoms with van der Waals surface area (Å²) < 4.78 is 21.1. The second-order valence-electron chi connectivity index (χ2n) is 12.9. The van der Waals surface area contributed by atoms with Crippen molar-refractivity contribution >= 4 is 29.4 Å². The molecule has 2 bridgehead atoms. The van der Waals surface area contributed by atoms with E-state index in [2.05, 4.69) is 10.3 Å². The Hall–Kier alpha value is -3.28. The minimum Gasteiger partial charge on any atom is -0.472 e. The van der Waals surface area contributed by atoms with Crippen LogP contribution in [0.15, 0.2) is 18.3 Å². The molecule has 2 saturated carbocycles. The molecule has 1 aromatic heterocycles. The number of halogens is 1. The number of alkyl halides is 1. The molecule has 1 spiro atoms. The Balaban J connectivity index is 1.36. The molecule has 1 aromatic rings. The number of amides is 4. The van der Waals surface area contributed by atoms with Gasteiger partial charge in [-0.15, -0.1) is 0 Å². The topological polar surface area (TPSA) is 161 Å². The summed E-state index contributed by atoms with van der Waals surface area (Å²) in [6.07, 6.45) is 1.41. The lowest BCUT2D eigenvalue weighted by Crippen LogP contribution is -2.59. The number of ether oxygens (including phenoxy) is 1. The highest BCUT2D eigenvalue weighted by atomic mass is 19.1. The molecule has 12 heteroatoms. The first-order chi connectivity index (χ1) is 18.3. The molecule has 5 aliphatic rings. The zero-order valence-corrected chi connectivity index (χ0v) is 22.3. The predicted molar refractivity (Wildman–Crippen MR) is 137 cm³/mol. The van der Waals surface area contributed by atoms with Crippen molar-refractivity contribution in [1.82, 2.24) is 14.8 Å². The smallest absolute Gasteiger partial charge is 0.271 e. The lowest BCUT2D eigenvalue weighted by Gasteiger charge is -2.38. The molecule has 5 N–H and O–H groups in total. The van der Waals surface area contributed by atoms with Gasteiger partial charge in [0.2, 0.25) is 23.3 Å². The first-order valence-corrected chi connectivity index (χ1v) is 13.6. The van der Waals surface area contributed by atoms with Crippen LogP contribution in [-0.2, 0) is 19.2 Å². The van der Waals surface area contributed by atoms with Gasteiger partial charge in [0.1, 0.15) is 18.3 Å². The SMILES string of the molecule is CC(C)(C)[C@H](N)C(=O)N1C[C@@H]2[C@H]3C[C@@H]([C@@H]2[C@H]1C(=O)N1C[C@@]2(C[C@H]1C(N)=O)Oc1cccnc1NC2=O)[C@H](F)C3. The zero-order chi connectivity index (χ0) is 28.0. The third-order valence-electron chi connectivity index (χ3n) is 9.66. The fourth-order valence-electron chi connectivity index (χ4n) is 7.61. The van der Waals surface area contributed by atoms with Gasteiger partial charge in [0.25, 0.3) is 5.91 Å². The fourth-order valence-corrected chi connectivity index (χ4v) is 7.61. The number of pyridine rings is 1. The molecule has 3 aliphatic heterocycles. The number of fused-ring (bicyclic) bond motifs is 6. The number of aromatic nitrogens is 1. The molecule has 0 radical (unpaired) electrons. The number of hydrogen-bond acceptors (Lipinski definition) is 7. The van der Waals surface area contributed by atoms with Crippen LogP contribution in [0.1, 0.15) is 40.0 Å². The molecule has 210 valence electrons. The second kappa shape index (κ2) is 8.61. The number of hydrogen-bond donors (Lipinski definition) is 3. The van der Waals surface area contributed by atoms with Crippen molar-refractivity contribution in [3.05, 3.63) is 18.3 Å². The van der Waals surface area contributed by atoms with Crippen molar-refractivity contribution in [3.8, 4) is 5.75 Å². The van der Waals surface area contributed by atoms with Crippen LogP contribution < -0.4 is 21.5 Å². The number of rotatable bonds is 3. The van der Waals surface area contributed by atoms with Crippen LogP contribution in [0.5, 0.6) is 5.75 Å². The molecule has 11 nitrogen and oxygen atoms in total. The van der Waals surface area contributed by atoms with Gasteiger partial charge in [0.15, 0.2) is 11.6 Å². The van der Waals surface area contributed by atoms with E-state index in [-0.39, 0.29) is 42.4 Å². The highest BCUT2D eigenvalue weighted by molar-refractivity contribution is 6.03. The normalized spacial score (nSPS) is 37.4. The van der Waals surface area contributed by atoms with Gasteiger partial charge in [-0.25, -0.2) is 9.37 Å². The number of nitrogens with zero attached hydrogens (tertiary/aromatic N) is 3. The first kappa shape index (κ1) is 26.0. The molecular weight excluding hydrogens is 507 g/mol. The van der Waals surface area contributed by atoms with Gasteiger partial charge in [0, 0.05) is 19.2 Å². The Labute approximate surface area is 225 Å². The Morgan fingerprint density at radius 2 is 1.97 bits per heavy atom. The summed E-state index contributed by atoms with van der Waals surface area (Å²) in [5, 5.41) is 2.71. The number of anilines is 1. The van der Waals surface area contributed by atoms with Crippen LogP contribution in [0.4, 0.5) is 10.2 Å². The molecule has 2 saturated heterocycles. The van der Waals surface area contributed by atoms with Crippen molar-refractivity contribution in [2.45, 2.75) is 69.9 Å². The van der Waals surface area contributed by atoms with Crippen molar-refractivity contribution < 1.29 is 28.3 Å². The van der Waals surface area contributed by atoms with E-state index >= 15 is 4.39 Å². The van der Waals surface area contributed by atoms with E-state index in [9.17, 15) is 19.2 Å². The summed E-state index contributed by atoms with van der Waals surface area (Å²) in [4.78, 5) is 60.9. The maximum Gasteiger partial charge on any atom is 0.271 e. The number of nitrogens with one attached hydrogen (secondary N) is 1. The van der Waals surface area contributed by atoms with Crippen LogP contribution in [-0.4, -0.2) is 81.4 Å². The minimum atomic E-state index is -1.56. The van der Waals surface area contributed by atoms with Gasteiger partial charge < -0.3 is 31.3 Å². The van der Waals surface area contributed by atoms with E-state index in [0.29, 0.717) is 25.1 Å². The monoisotopic (exact) mass is 542 g/mol. The average molecular weight is 543 g/mol. The Morgan fingerprint density at radius 1 is 1.23 bits per heavy atom. The minimum absolute atomic E-state index is 0.0251. The summed E-state index contributed by atoms with van der Waals surface area (Å²) >= 11 is 0. The van der Waals surface area contributed by atoms with Gasteiger partial charge >= 0.3 is 0 Å². The van der Waals surface area contributed by atoms with E-state index in [4.69, 9.17) is 16.2 Å². The van der Waals surface area contributed by atoms with Crippen molar-refractivity contribution in [3.63, 3.8) is 0 Å². The van der Waals surface area contributed by atoms with Crippen LogP contribution in [0.3, 0.4) is 0 Å². The van der Waals surface area contributed by atoms with E-state index in [1.165, 1.54) is 16.0 Å². The number of carbonyl (C=O) groups is 4. The van der Waals surface area contributed by atoms with E-state index in [0.717, 1.165) is 0 Å². The Morgan fingerprint density at radius 3 is 2.67 bits per heavy atom. The molecule has 9 atom stereocenters. The molecule has 4 heterocycles. The maximum atomic E-state index is 15.0. The average Bonchev–Trinajstić information content (AvgIpc) is 3.62. The van der Waals surface area contributed by atoms with E-state index in [1.807, 2.05) is 20.8 Å². The summed E-state index contributed by atoms with van der Waals surface area (Å²) in [6.45, 7) is 5.62. The van der Waals surface area contributed by atoms with Crippen LogP contribution in [0, 0.1) is 29.1 Å². The van der Waals surface area contributed by atoms with Crippen molar-refractivity contribution in [2.75, 3.05) is 18.4 Å². The predicted octanol–water partition coefficient (Wildman–Crippen LogP) is 0.432. The van der Waals surface area contributed by atoms with Crippen LogP contribution in [0.2, 0.25) is 0 Å². The summed E-state index contributed by atoms with van der Waals surface area (Å²) in [6, 6.07) is 0.269. The van der Waals surface area contributed by atoms with Crippen LogP contribution in [0.25, 0.3) is 0 Å². The number of nitrogens with two attached hydrogens (primary N) is 2. The Kier molecular flexibility index (Phi) is 5.73. The third-order valence-corrected chi connectivity index (χ3v) is 9.66. The van der Waals surface area contributed by atoms with Gasteiger partial charge in [0.05, 0.1) is 12.6 Å². The number of carbonyl (C=O) groups excluding carboxylic acids is 4. The number of primary amides is 1. The van der Waals surface area contributed by atoms with Crippen molar-refractivity contribution in [1.29, 1.82) is 0 Å². The van der Waals surface area contributed by atoms with Gasteiger partial charge in [-0.05, 0) is 54.1 Å². The molecule has 2 aliphatic carbocycles. The zero-order valence-electron chi connectivity index (χ0n) is 22.3. The molecule has 4 fully saturated rings.